The number of nitrogens with one attached hydrogen (secondary N) is 1. The molecule has 7 unspecified atom stereocenters. The predicted octanol–water partition coefficient (Wildman–Crippen LogP) is 9.22. The lowest BCUT2D eigenvalue weighted by Gasteiger charge is -2.72. The van der Waals surface area contributed by atoms with Crippen molar-refractivity contribution in [3.05, 3.63) is 35.9 Å². The molecule has 0 amide bonds. The number of anilines is 1. The highest BCUT2D eigenvalue weighted by atomic mass is 32.2. The zero-order chi connectivity index (χ0) is 26.3. The van der Waals surface area contributed by atoms with Crippen LogP contribution in [-0.2, 0) is 0 Å². The summed E-state index contributed by atoms with van der Waals surface area (Å²) in [6.07, 6.45) is 18.1. The van der Waals surface area contributed by atoms with Gasteiger partial charge in [0.1, 0.15) is 0 Å². The van der Waals surface area contributed by atoms with Gasteiger partial charge in [0.2, 0.25) is 0 Å². The minimum absolute atomic E-state index is 0.185. The van der Waals surface area contributed by atoms with Crippen molar-refractivity contribution < 1.29 is 5.11 Å². The van der Waals surface area contributed by atoms with Gasteiger partial charge in [-0.2, -0.15) is 0 Å². The van der Waals surface area contributed by atoms with Crippen LogP contribution in [0, 0.1) is 50.7 Å². The molecule has 0 saturated heterocycles. The van der Waals surface area contributed by atoms with E-state index in [0.717, 1.165) is 23.7 Å². The summed E-state index contributed by atoms with van der Waals surface area (Å²) >= 11 is 1.66. The first-order valence-electron chi connectivity index (χ1n) is 15.3. The summed E-state index contributed by atoms with van der Waals surface area (Å²) in [7, 11) is 0. The maximum Gasteiger partial charge on any atom is 0.0490 e. The van der Waals surface area contributed by atoms with Crippen LogP contribution in [0.5, 0.6) is 0 Å². The van der Waals surface area contributed by atoms with Gasteiger partial charge < -0.3 is 9.83 Å². The van der Waals surface area contributed by atoms with Crippen LogP contribution in [0.1, 0.15) is 104 Å². The first kappa shape index (κ1) is 26.3. The summed E-state index contributed by atoms with van der Waals surface area (Å²) in [5.74, 6) is 3.10. The molecule has 4 saturated carbocycles. The van der Waals surface area contributed by atoms with Gasteiger partial charge in [-0.1, -0.05) is 71.2 Å². The highest BCUT2D eigenvalue weighted by molar-refractivity contribution is 7.99. The van der Waals surface area contributed by atoms with E-state index in [2.05, 4.69) is 75.9 Å². The standard InChI is InChI=1S/C34H51NOS/c1-30(2)25(23-9-11-24(12-10-23)35-37-6)15-18-31(3)28(30)16-19-33(5)29(31)14-13-26-27-8-7-17-34(27,22-36)21-20-32(26,33)4/h9-12,15,26-29,35-36H,7-8,13-14,16-22H2,1-6H3/t26?,27?,28?,29?,31?,32-,33?,34?/m1/s1. The average Bonchev–Trinajstić information content (AvgIpc) is 3.30. The molecule has 2 N–H and O–H groups in total. The summed E-state index contributed by atoms with van der Waals surface area (Å²) in [5, 5.41) is 10.5. The van der Waals surface area contributed by atoms with Crippen LogP contribution < -0.4 is 4.72 Å². The van der Waals surface area contributed by atoms with Crippen LogP contribution in [0.25, 0.3) is 5.57 Å². The van der Waals surface area contributed by atoms with Gasteiger partial charge in [-0.25, -0.2) is 0 Å². The van der Waals surface area contributed by atoms with Crippen molar-refractivity contribution in [1.29, 1.82) is 0 Å². The van der Waals surface area contributed by atoms with Crippen molar-refractivity contribution in [3.63, 3.8) is 0 Å². The zero-order valence-electron chi connectivity index (χ0n) is 24.3. The molecule has 4 fully saturated rings. The molecular formula is C34H51NOS. The van der Waals surface area contributed by atoms with Gasteiger partial charge in [-0.3, -0.25) is 0 Å². The Balaban J connectivity index is 1.34. The van der Waals surface area contributed by atoms with E-state index in [1.165, 1.54) is 75.5 Å². The van der Waals surface area contributed by atoms with Crippen LogP contribution in [-0.4, -0.2) is 18.0 Å². The van der Waals surface area contributed by atoms with Gasteiger partial charge in [0.05, 0.1) is 0 Å². The molecule has 0 radical (unpaired) electrons. The molecule has 204 valence electrons. The molecule has 37 heavy (non-hydrogen) atoms. The van der Waals surface area contributed by atoms with Crippen LogP contribution in [0.4, 0.5) is 5.69 Å². The van der Waals surface area contributed by atoms with E-state index in [1.54, 1.807) is 17.5 Å². The maximum atomic E-state index is 10.5. The van der Waals surface area contributed by atoms with E-state index in [0.29, 0.717) is 22.9 Å². The Kier molecular flexibility index (Phi) is 6.25. The van der Waals surface area contributed by atoms with Crippen LogP contribution in [0.15, 0.2) is 30.3 Å². The smallest absolute Gasteiger partial charge is 0.0490 e. The second-order valence-electron chi connectivity index (χ2n) is 15.1. The quantitative estimate of drug-likeness (QED) is 0.387. The van der Waals surface area contributed by atoms with E-state index in [1.807, 2.05) is 0 Å². The van der Waals surface area contributed by atoms with Crippen LogP contribution in [0.3, 0.4) is 0 Å². The molecule has 1 aromatic carbocycles. The highest BCUT2D eigenvalue weighted by Gasteiger charge is 2.69. The molecule has 0 bridgehead atoms. The molecule has 6 rings (SSSR count). The third-order valence-electron chi connectivity index (χ3n) is 13.8. The summed E-state index contributed by atoms with van der Waals surface area (Å²) in [6.45, 7) is 13.7. The number of rotatable bonds is 4. The second-order valence-corrected chi connectivity index (χ2v) is 15.7. The van der Waals surface area contributed by atoms with E-state index < -0.39 is 0 Å². The van der Waals surface area contributed by atoms with E-state index in [-0.39, 0.29) is 10.8 Å². The lowest BCUT2D eigenvalue weighted by molar-refractivity contribution is -0.225. The van der Waals surface area contributed by atoms with Gasteiger partial charge in [-0.15, -0.1) is 0 Å². The zero-order valence-corrected chi connectivity index (χ0v) is 25.1. The molecule has 5 aliphatic carbocycles. The molecule has 3 heteroatoms. The Morgan fingerprint density at radius 1 is 0.838 bits per heavy atom. The van der Waals surface area contributed by atoms with Crippen molar-refractivity contribution in [2.45, 2.75) is 98.8 Å². The van der Waals surface area contributed by atoms with Gasteiger partial charge in [0, 0.05) is 18.6 Å². The van der Waals surface area contributed by atoms with E-state index in [4.69, 9.17) is 0 Å². The van der Waals surface area contributed by atoms with Crippen LogP contribution in [0.2, 0.25) is 0 Å². The third kappa shape index (κ3) is 3.47. The first-order chi connectivity index (χ1) is 17.6. The summed E-state index contributed by atoms with van der Waals surface area (Å²) in [5.41, 5.74) is 5.82. The summed E-state index contributed by atoms with van der Waals surface area (Å²) in [4.78, 5) is 0. The Labute approximate surface area is 231 Å². The average molecular weight is 522 g/mol. The van der Waals surface area contributed by atoms with E-state index in [9.17, 15) is 5.11 Å². The minimum atomic E-state index is 0.185. The molecule has 0 heterocycles. The molecule has 0 spiro atoms. The van der Waals surface area contributed by atoms with Gasteiger partial charge in [-0.05, 0) is 132 Å². The third-order valence-corrected chi connectivity index (χ3v) is 14.3. The summed E-state index contributed by atoms with van der Waals surface area (Å²) < 4.78 is 3.37. The van der Waals surface area contributed by atoms with Gasteiger partial charge in [0.15, 0.2) is 0 Å². The lowest BCUT2D eigenvalue weighted by atomic mass is 9.33. The number of fused-ring (bicyclic) bond motifs is 7. The Morgan fingerprint density at radius 3 is 2.30 bits per heavy atom. The number of benzene rings is 1. The topological polar surface area (TPSA) is 32.3 Å². The van der Waals surface area contributed by atoms with Crippen molar-refractivity contribution in [2.24, 2.45) is 50.7 Å². The van der Waals surface area contributed by atoms with Gasteiger partial charge in [0.25, 0.3) is 0 Å². The fourth-order valence-corrected chi connectivity index (χ4v) is 12.3. The number of hydrogen-bond acceptors (Lipinski definition) is 3. The normalized spacial score (nSPS) is 46.2. The Morgan fingerprint density at radius 2 is 1.59 bits per heavy atom. The number of hydrogen-bond donors (Lipinski definition) is 2. The summed E-state index contributed by atoms with van der Waals surface area (Å²) in [6, 6.07) is 9.17. The lowest BCUT2D eigenvalue weighted by Crippen LogP contribution is -2.65. The van der Waals surface area contributed by atoms with Crippen molar-refractivity contribution in [2.75, 3.05) is 17.6 Å². The first-order valence-corrected chi connectivity index (χ1v) is 16.5. The molecule has 8 atom stereocenters. The molecular weight excluding hydrogens is 470 g/mol. The number of aliphatic hydroxyl groups excluding tert-OH is 1. The molecule has 0 aliphatic heterocycles. The van der Waals surface area contributed by atoms with E-state index >= 15 is 0 Å². The fourth-order valence-electron chi connectivity index (χ4n) is 11.9. The maximum absolute atomic E-state index is 10.5. The molecule has 0 aromatic heterocycles. The number of aliphatic hydroxyl groups is 1. The Hall–Kier alpha value is -0.930. The van der Waals surface area contributed by atoms with Crippen molar-refractivity contribution in [1.82, 2.24) is 0 Å². The van der Waals surface area contributed by atoms with Crippen molar-refractivity contribution >= 4 is 23.2 Å². The SMILES string of the molecule is CSNc1ccc(C2=CCC3(C)C(CCC4(C)C3CCC3C5CCCC5(CO)CC[C@]34C)C2(C)C)cc1. The molecule has 1 aromatic rings. The molecule has 5 aliphatic rings. The van der Waals surface area contributed by atoms with Crippen LogP contribution >= 0.6 is 11.9 Å². The Bertz CT molecular complexity index is 1060. The van der Waals surface area contributed by atoms with Crippen molar-refractivity contribution in [3.8, 4) is 0 Å². The number of allylic oxidation sites excluding steroid dienone is 2. The monoisotopic (exact) mass is 521 g/mol. The van der Waals surface area contributed by atoms with Gasteiger partial charge >= 0.3 is 0 Å². The minimum Gasteiger partial charge on any atom is -0.396 e. The highest BCUT2D eigenvalue weighted by Crippen LogP contribution is 2.77. The predicted molar refractivity (Wildman–Crippen MR) is 159 cm³/mol. The molecule has 2 nitrogen and oxygen atoms in total. The largest absolute Gasteiger partial charge is 0.396 e. The second kappa shape index (κ2) is 8.79. The fraction of sp³-hybridized carbons (Fsp3) is 0.765.